The second-order valence-electron chi connectivity index (χ2n) is 5.57. The van der Waals surface area contributed by atoms with Gasteiger partial charge >= 0.3 is 0 Å². The van der Waals surface area contributed by atoms with E-state index in [4.69, 9.17) is 0 Å². The number of nitrogens with zero attached hydrogens (tertiary/aromatic N) is 2. The molecule has 0 radical (unpaired) electrons. The van der Waals surface area contributed by atoms with Gasteiger partial charge in [-0.3, -0.25) is 4.79 Å². The maximum Gasteiger partial charge on any atom is 0.253 e. The molecule has 0 bridgehead atoms. The molecule has 1 aliphatic heterocycles. The number of carbonyl (C=O) groups is 1. The summed E-state index contributed by atoms with van der Waals surface area (Å²) in [7, 11) is 0. The van der Waals surface area contributed by atoms with E-state index in [9.17, 15) is 4.79 Å². The van der Waals surface area contributed by atoms with Gasteiger partial charge in [0.05, 0.1) is 10.7 Å². The Morgan fingerprint density at radius 2 is 2.13 bits per heavy atom. The van der Waals surface area contributed by atoms with Crippen molar-refractivity contribution in [3.05, 3.63) is 45.9 Å². The van der Waals surface area contributed by atoms with Gasteiger partial charge in [-0.05, 0) is 44.2 Å². The van der Waals surface area contributed by atoms with Gasteiger partial charge in [0.1, 0.15) is 0 Å². The van der Waals surface area contributed by atoms with E-state index in [1.54, 1.807) is 23.1 Å². The summed E-state index contributed by atoms with van der Waals surface area (Å²) >= 11 is 3.44. The van der Waals surface area contributed by atoms with Crippen LogP contribution in [0, 0.1) is 6.92 Å². The summed E-state index contributed by atoms with van der Waals surface area (Å²) in [6.07, 6.45) is 1.02. The predicted molar refractivity (Wildman–Crippen MR) is 96.2 cm³/mol. The summed E-state index contributed by atoms with van der Waals surface area (Å²) in [6, 6.07) is 7.95. The number of thiazole rings is 1. The zero-order chi connectivity index (χ0) is 16.1. The molecule has 2 heterocycles. The Labute approximate surface area is 145 Å². The van der Waals surface area contributed by atoms with Crippen LogP contribution in [-0.2, 0) is 5.75 Å². The lowest BCUT2D eigenvalue weighted by Gasteiger charge is -2.20. The Morgan fingerprint density at radius 1 is 1.30 bits per heavy atom. The maximum absolute atomic E-state index is 12.5. The topological polar surface area (TPSA) is 45.2 Å². The quantitative estimate of drug-likeness (QED) is 0.863. The molecule has 1 saturated heterocycles. The van der Waals surface area contributed by atoms with Crippen molar-refractivity contribution in [1.82, 2.24) is 15.2 Å². The molecule has 1 aromatic carbocycles. The zero-order valence-corrected chi connectivity index (χ0v) is 14.9. The van der Waals surface area contributed by atoms with Gasteiger partial charge in [-0.2, -0.15) is 0 Å². The predicted octanol–water partition coefficient (Wildman–Crippen LogP) is 3.18. The normalized spacial score (nSPS) is 15.4. The van der Waals surface area contributed by atoms with Gasteiger partial charge in [-0.15, -0.1) is 23.1 Å². The molecular weight excluding hydrogens is 326 g/mol. The number of aromatic nitrogens is 1. The highest BCUT2D eigenvalue weighted by atomic mass is 32.2. The van der Waals surface area contributed by atoms with Crippen LogP contribution in [0.1, 0.15) is 27.5 Å². The molecule has 1 aromatic heterocycles. The molecule has 4 nitrogen and oxygen atoms in total. The van der Waals surface area contributed by atoms with Crippen LogP contribution in [-0.4, -0.2) is 42.0 Å². The van der Waals surface area contributed by atoms with Gasteiger partial charge in [0.15, 0.2) is 0 Å². The molecular formula is C17H21N3OS2. The average Bonchev–Trinajstić information content (AvgIpc) is 2.83. The molecule has 2 aromatic rings. The molecule has 3 rings (SSSR count). The van der Waals surface area contributed by atoms with E-state index >= 15 is 0 Å². The van der Waals surface area contributed by atoms with Gasteiger partial charge < -0.3 is 10.2 Å². The summed E-state index contributed by atoms with van der Waals surface area (Å²) in [5, 5.41) is 6.53. The van der Waals surface area contributed by atoms with E-state index < -0.39 is 0 Å². The van der Waals surface area contributed by atoms with Gasteiger partial charge in [-0.1, -0.05) is 0 Å². The first-order chi connectivity index (χ1) is 11.2. The van der Waals surface area contributed by atoms with Gasteiger partial charge in [0.2, 0.25) is 0 Å². The number of hydrogen-bond acceptors (Lipinski definition) is 5. The maximum atomic E-state index is 12.5. The van der Waals surface area contributed by atoms with Crippen molar-refractivity contribution in [3.8, 4) is 0 Å². The van der Waals surface area contributed by atoms with Crippen LogP contribution in [0.5, 0.6) is 0 Å². The number of benzene rings is 1. The molecule has 0 atom stereocenters. The van der Waals surface area contributed by atoms with Gasteiger partial charge in [0.25, 0.3) is 5.91 Å². The van der Waals surface area contributed by atoms with E-state index in [2.05, 4.69) is 15.7 Å². The Balaban J connectivity index is 1.58. The van der Waals surface area contributed by atoms with Crippen LogP contribution in [0.25, 0.3) is 0 Å². The van der Waals surface area contributed by atoms with Crippen LogP contribution in [0.15, 0.2) is 34.5 Å². The van der Waals surface area contributed by atoms with Crippen LogP contribution in [0.2, 0.25) is 0 Å². The molecule has 0 aliphatic carbocycles. The highest BCUT2D eigenvalue weighted by Gasteiger charge is 2.16. The number of amides is 1. The third kappa shape index (κ3) is 4.56. The van der Waals surface area contributed by atoms with Crippen molar-refractivity contribution in [2.45, 2.75) is 24.0 Å². The van der Waals surface area contributed by atoms with E-state index in [1.807, 2.05) is 36.1 Å². The number of carbonyl (C=O) groups excluding carboxylic acids is 1. The second kappa shape index (κ2) is 7.95. The molecule has 23 heavy (non-hydrogen) atoms. The fraction of sp³-hybridized carbons (Fsp3) is 0.412. The van der Waals surface area contributed by atoms with Gasteiger partial charge in [0, 0.05) is 41.2 Å². The number of thioether (sulfide) groups is 1. The first kappa shape index (κ1) is 16.5. The van der Waals surface area contributed by atoms with Crippen LogP contribution < -0.4 is 5.32 Å². The minimum Gasteiger partial charge on any atom is -0.337 e. The first-order valence-electron chi connectivity index (χ1n) is 7.86. The van der Waals surface area contributed by atoms with Crippen molar-refractivity contribution < 1.29 is 4.79 Å². The minimum absolute atomic E-state index is 0.139. The van der Waals surface area contributed by atoms with Crippen LogP contribution in [0.4, 0.5) is 0 Å². The Morgan fingerprint density at radius 3 is 2.87 bits per heavy atom. The fourth-order valence-electron chi connectivity index (χ4n) is 2.56. The molecule has 0 spiro atoms. The molecule has 122 valence electrons. The van der Waals surface area contributed by atoms with Crippen molar-refractivity contribution in [1.29, 1.82) is 0 Å². The summed E-state index contributed by atoms with van der Waals surface area (Å²) < 4.78 is 0. The van der Waals surface area contributed by atoms with E-state index in [-0.39, 0.29) is 5.91 Å². The molecule has 0 saturated carbocycles. The molecule has 1 N–H and O–H groups in total. The Bertz CT molecular complexity index is 646. The molecule has 0 unspecified atom stereocenters. The highest BCUT2D eigenvalue weighted by molar-refractivity contribution is 7.98. The van der Waals surface area contributed by atoms with E-state index in [1.165, 1.54) is 4.90 Å². The van der Waals surface area contributed by atoms with E-state index in [0.717, 1.165) is 54.6 Å². The third-order valence-electron chi connectivity index (χ3n) is 3.78. The van der Waals surface area contributed by atoms with Crippen LogP contribution >= 0.6 is 23.1 Å². The third-order valence-corrected chi connectivity index (χ3v) is 5.65. The zero-order valence-electron chi connectivity index (χ0n) is 13.2. The summed E-state index contributed by atoms with van der Waals surface area (Å²) in [4.78, 5) is 20.1. The lowest BCUT2D eigenvalue weighted by molar-refractivity contribution is 0.0766. The van der Waals surface area contributed by atoms with Gasteiger partial charge in [-0.25, -0.2) is 4.98 Å². The Hall–Kier alpha value is -1.37. The lowest BCUT2D eigenvalue weighted by atomic mass is 10.2. The monoisotopic (exact) mass is 347 g/mol. The Kier molecular flexibility index (Phi) is 5.70. The second-order valence-corrected chi connectivity index (χ2v) is 7.68. The van der Waals surface area contributed by atoms with Crippen molar-refractivity contribution in [3.63, 3.8) is 0 Å². The van der Waals surface area contributed by atoms with E-state index in [0.29, 0.717) is 0 Å². The molecule has 1 aliphatic rings. The van der Waals surface area contributed by atoms with Crippen molar-refractivity contribution >= 4 is 29.0 Å². The number of nitrogens with one attached hydrogen (secondary N) is 1. The fourth-order valence-corrected chi connectivity index (χ4v) is 4.07. The molecule has 6 heteroatoms. The summed E-state index contributed by atoms with van der Waals surface area (Å²) in [5.74, 6) is 1.01. The minimum atomic E-state index is 0.139. The highest BCUT2D eigenvalue weighted by Crippen LogP contribution is 2.24. The lowest BCUT2D eigenvalue weighted by Crippen LogP contribution is -2.34. The average molecular weight is 348 g/mol. The summed E-state index contributed by atoms with van der Waals surface area (Å²) in [5.41, 5.74) is 1.90. The summed E-state index contributed by atoms with van der Waals surface area (Å²) in [6.45, 7) is 5.53. The largest absolute Gasteiger partial charge is 0.337 e. The smallest absolute Gasteiger partial charge is 0.253 e. The number of rotatable bonds is 4. The number of aryl methyl sites for hydroxylation is 1. The molecule has 1 fully saturated rings. The SMILES string of the molecule is Cc1nc(CSc2ccc(C(=O)N3CCCNCC3)cc2)cs1. The first-order valence-corrected chi connectivity index (χ1v) is 9.73. The molecule has 1 amide bonds. The standard InChI is InChI=1S/C17H21N3OS2/c1-13-19-15(11-22-13)12-23-16-5-3-14(4-6-16)17(21)20-9-2-7-18-8-10-20/h3-6,11,18H,2,7-10,12H2,1H3. The van der Waals surface area contributed by atoms with Crippen molar-refractivity contribution in [2.75, 3.05) is 26.2 Å². The van der Waals surface area contributed by atoms with Crippen molar-refractivity contribution in [2.24, 2.45) is 0 Å². The van der Waals surface area contributed by atoms with Crippen LogP contribution in [0.3, 0.4) is 0 Å². The number of hydrogen-bond donors (Lipinski definition) is 1.